The van der Waals surface area contributed by atoms with Gasteiger partial charge in [0.1, 0.15) is 0 Å². The fraction of sp³-hybridized carbons (Fsp3) is 0.133. The van der Waals surface area contributed by atoms with Crippen LogP contribution in [0.4, 0.5) is 5.69 Å². The lowest BCUT2D eigenvalue weighted by atomic mass is 10.1. The van der Waals surface area contributed by atoms with Gasteiger partial charge in [-0.1, -0.05) is 42.0 Å². The predicted octanol–water partition coefficient (Wildman–Crippen LogP) is 2.28. The second kappa shape index (κ2) is 5.13. The van der Waals surface area contributed by atoms with Crippen molar-refractivity contribution in [2.45, 2.75) is 13.5 Å². The number of nitrogens with two attached hydrogens (primary N) is 1. The van der Waals surface area contributed by atoms with Gasteiger partial charge in [0.25, 0.3) is 0 Å². The highest BCUT2D eigenvalue weighted by molar-refractivity contribution is 5.71. The summed E-state index contributed by atoms with van der Waals surface area (Å²) in [6.45, 7) is 2.69. The molecule has 0 unspecified atom stereocenters. The van der Waals surface area contributed by atoms with Crippen LogP contribution < -0.4 is 5.73 Å². The number of benzene rings is 2. The van der Waals surface area contributed by atoms with E-state index in [1.165, 1.54) is 5.56 Å². The van der Waals surface area contributed by atoms with Crippen molar-refractivity contribution in [3.05, 3.63) is 59.7 Å². The van der Waals surface area contributed by atoms with Crippen LogP contribution >= 0.6 is 0 Å². The third kappa shape index (κ3) is 2.38. The Hall–Kier alpha value is -2.69. The quantitative estimate of drug-likeness (QED) is 0.738. The van der Waals surface area contributed by atoms with E-state index in [4.69, 9.17) is 5.73 Å². The zero-order valence-corrected chi connectivity index (χ0v) is 11.2. The van der Waals surface area contributed by atoms with Crippen LogP contribution in [0.1, 0.15) is 11.1 Å². The predicted molar refractivity (Wildman–Crippen MR) is 77.9 cm³/mol. The molecule has 5 nitrogen and oxygen atoms in total. The van der Waals surface area contributed by atoms with Crippen LogP contribution in [0, 0.1) is 6.92 Å². The second-order valence-electron chi connectivity index (χ2n) is 4.73. The highest BCUT2D eigenvalue weighted by Gasteiger charge is 2.11. The molecule has 0 radical (unpaired) electrons. The lowest BCUT2D eigenvalue weighted by Crippen LogP contribution is -2.05. The van der Waals surface area contributed by atoms with Gasteiger partial charge in [-0.3, -0.25) is 0 Å². The lowest BCUT2D eigenvalue weighted by Gasteiger charge is -2.07. The summed E-state index contributed by atoms with van der Waals surface area (Å²) >= 11 is 0. The van der Waals surface area contributed by atoms with Crippen LogP contribution in [0.25, 0.3) is 11.4 Å². The van der Waals surface area contributed by atoms with E-state index in [9.17, 15) is 0 Å². The Morgan fingerprint density at radius 3 is 2.55 bits per heavy atom. The number of hydrogen-bond donors (Lipinski definition) is 1. The summed E-state index contributed by atoms with van der Waals surface area (Å²) in [6, 6.07) is 15.9. The summed E-state index contributed by atoms with van der Waals surface area (Å²) in [4.78, 5) is 0. The summed E-state index contributed by atoms with van der Waals surface area (Å²) in [6.07, 6.45) is 0. The van der Waals surface area contributed by atoms with E-state index < -0.39 is 0 Å². The average molecular weight is 265 g/mol. The Labute approximate surface area is 117 Å². The highest BCUT2D eigenvalue weighted by Crippen LogP contribution is 2.23. The molecule has 0 atom stereocenters. The number of hydrogen-bond acceptors (Lipinski definition) is 4. The number of rotatable bonds is 3. The fourth-order valence-corrected chi connectivity index (χ4v) is 2.07. The number of aromatic nitrogens is 4. The standard InChI is InChI=1S/C15H15N5/c1-11-6-8-12(9-7-11)10-20-15(17-18-19-20)13-4-2-3-5-14(13)16/h2-9H,10,16H2,1H3. The monoisotopic (exact) mass is 265 g/mol. The summed E-state index contributed by atoms with van der Waals surface area (Å²) in [5, 5.41) is 11.9. The minimum absolute atomic E-state index is 0.622. The van der Waals surface area contributed by atoms with Crippen LogP contribution in [-0.2, 0) is 6.54 Å². The SMILES string of the molecule is Cc1ccc(Cn2nnnc2-c2ccccc2N)cc1. The van der Waals surface area contributed by atoms with Crippen LogP contribution in [-0.4, -0.2) is 20.2 Å². The Kier molecular flexibility index (Phi) is 3.16. The maximum Gasteiger partial charge on any atom is 0.184 e. The summed E-state index contributed by atoms with van der Waals surface area (Å²) in [7, 11) is 0. The third-order valence-corrected chi connectivity index (χ3v) is 3.19. The van der Waals surface area contributed by atoms with Gasteiger partial charge in [-0.25, -0.2) is 4.68 Å². The van der Waals surface area contributed by atoms with Gasteiger partial charge in [0.15, 0.2) is 5.82 Å². The van der Waals surface area contributed by atoms with Gasteiger partial charge in [0.05, 0.1) is 6.54 Å². The molecule has 20 heavy (non-hydrogen) atoms. The van der Waals surface area contributed by atoms with Gasteiger partial charge in [-0.2, -0.15) is 0 Å². The third-order valence-electron chi connectivity index (χ3n) is 3.19. The van der Waals surface area contributed by atoms with Crippen LogP contribution in [0.3, 0.4) is 0 Å². The normalized spacial score (nSPS) is 10.7. The fourth-order valence-electron chi connectivity index (χ4n) is 2.07. The molecule has 5 heteroatoms. The molecule has 3 rings (SSSR count). The molecule has 100 valence electrons. The molecule has 0 aliphatic carbocycles. The van der Waals surface area contributed by atoms with Crippen LogP contribution in [0.15, 0.2) is 48.5 Å². The van der Waals surface area contributed by atoms with Gasteiger partial charge in [-0.15, -0.1) is 5.10 Å². The molecule has 0 bridgehead atoms. The molecule has 2 N–H and O–H groups in total. The van der Waals surface area contributed by atoms with Crippen molar-refractivity contribution < 1.29 is 0 Å². The van der Waals surface area contributed by atoms with Crippen molar-refractivity contribution in [1.29, 1.82) is 0 Å². The molecular formula is C15H15N5. The van der Waals surface area contributed by atoms with Gasteiger partial charge in [0, 0.05) is 11.3 Å². The summed E-state index contributed by atoms with van der Waals surface area (Å²) in [5.74, 6) is 0.684. The average Bonchev–Trinajstić information content (AvgIpc) is 2.90. The summed E-state index contributed by atoms with van der Waals surface area (Å²) < 4.78 is 1.76. The zero-order chi connectivity index (χ0) is 13.9. The van der Waals surface area contributed by atoms with Gasteiger partial charge in [0.2, 0.25) is 0 Å². The smallest absolute Gasteiger partial charge is 0.184 e. The van der Waals surface area contributed by atoms with E-state index in [0.29, 0.717) is 18.1 Å². The molecule has 0 fully saturated rings. The van der Waals surface area contributed by atoms with E-state index >= 15 is 0 Å². The largest absolute Gasteiger partial charge is 0.398 e. The van der Waals surface area contributed by atoms with E-state index in [0.717, 1.165) is 11.1 Å². The van der Waals surface area contributed by atoms with Crippen LogP contribution in [0.2, 0.25) is 0 Å². The maximum absolute atomic E-state index is 5.99. The maximum atomic E-state index is 5.99. The molecule has 0 saturated carbocycles. The minimum atomic E-state index is 0.622. The van der Waals surface area contributed by atoms with Gasteiger partial charge >= 0.3 is 0 Å². The van der Waals surface area contributed by atoms with Gasteiger partial charge < -0.3 is 5.73 Å². The van der Waals surface area contributed by atoms with Crippen molar-refractivity contribution in [2.75, 3.05) is 5.73 Å². The molecule has 0 spiro atoms. The molecule has 1 heterocycles. The van der Waals surface area contributed by atoms with Crippen LogP contribution in [0.5, 0.6) is 0 Å². The lowest BCUT2D eigenvalue weighted by molar-refractivity contribution is 0.653. The summed E-state index contributed by atoms with van der Waals surface area (Å²) in [5.41, 5.74) is 9.90. The first-order valence-corrected chi connectivity index (χ1v) is 6.40. The first kappa shape index (κ1) is 12.3. The highest BCUT2D eigenvalue weighted by atomic mass is 15.5. The van der Waals surface area contributed by atoms with Crippen molar-refractivity contribution >= 4 is 5.69 Å². The Balaban J connectivity index is 1.95. The first-order chi connectivity index (χ1) is 9.74. The first-order valence-electron chi connectivity index (χ1n) is 6.40. The Morgan fingerprint density at radius 2 is 1.80 bits per heavy atom. The molecule has 2 aromatic carbocycles. The second-order valence-corrected chi connectivity index (χ2v) is 4.73. The number of anilines is 1. The molecule has 0 amide bonds. The number of tetrazole rings is 1. The van der Waals surface area contributed by atoms with Crippen molar-refractivity contribution in [2.24, 2.45) is 0 Å². The van der Waals surface area contributed by atoms with Crippen molar-refractivity contribution in [1.82, 2.24) is 20.2 Å². The molecule has 3 aromatic rings. The number of aryl methyl sites for hydroxylation is 1. The Morgan fingerprint density at radius 1 is 1.05 bits per heavy atom. The molecular weight excluding hydrogens is 250 g/mol. The van der Waals surface area contributed by atoms with E-state index in [1.54, 1.807) is 4.68 Å². The van der Waals surface area contributed by atoms with Crippen molar-refractivity contribution in [3.63, 3.8) is 0 Å². The zero-order valence-electron chi connectivity index (χ0n) is 11.2. The molecule has 1 aromatic heterocycles. The van der Waals surface area contributed by atoms with Gasteiger partial charge in [-0.05, 0) is 35.0 Å². The Bertz CT molecular complexity index is 715. The van der Waals surface area contributed by atoms with E-state index in [1.807, 2.05) is 24.3 Å². The molecule has 0 aliphatic heterocycles. The number of para-hydroxylation sites is 1. The number of nitrogen functional groups attached to an aromatic ring is 1. The molecule has 0 saturated heterocycles. The number of nitrogens with zero attached hydrogens (tertiary/aromatic N) is 4. The van der Waals surface area contributed by atoms with Crippen molar-refractivity contribution in [3.8, 4) is 11.4 Å². The minimum Gasteiger partial charge on any atom is -0.398 e. The topological polar surface area (TPSA) is 69.6 Å². The van der Waals surface area contributed by atoms with E-state index in [-0.39, 0.29) is 0 Å². The van der Waals surface area contributed by atoms with E-state index in [2.05, 4.69) is 46.7 Å². The molecule has 0 aliphatic rings.